The number of nitrogens with zero attached hydrogens (tertiary/aromatic N) is 4. The maximum Gasteiger partial charge on any atom is 0.255 e. The lowest BCUT2D eigenvalue weighted by atomic mass is 9.48. The molecule has 0 spiro atoms. The zero-order valence-electron chi connectivity index (χ0n) is 19.0. The average Bonchev–Trinajstić information content (AvgIpc) is 3.42. The number of carbonyl (C=O) groups is 1. The van der Waals surface area contributed by atoms with Crippen LogP contribution in [0.15, 0.2) is 42.7 Å². The highest BCUT2D eigenvalue weighted by Gasteiger charge is 2.53. The predicted molar refractivity (Wildman–Crippen MR) is 127 cm³/mol. The van der Waals surface area contributed by atoms with E-state index in [1.165, 1.54) is 38.5 Å². The van der Waals surface area contributed by atoms with Crippen molar-refractivity contribution in [2.24, 2.45) is 17.8 Å². The zero-order valence-corrected chi connectivity index (χ0v) is 19.8. The summed E-state index contributed by atoms with van der Waals surface area (Å²) in [6.07, 6.45) is 11.3. The molecule has 1 aromatic carbocycles. The molecular weight excluding hydrogens is 434 g/mol. The fourth-order valence-electron chi connectivity index (χ4n) is 7.02. The van der Waals surface area contributed by atoms with Crippen LogP contribution in [-0.2, 0) is 18.5 Å². The van der Waals surface area contributed by atoms with E-state index in [1.54, 1.807) is 10.9 Å². The van der Waals surface area contributed by atoms with Crippen molar-refractivity contribution in [3.8, 4) is 5.69 Å². The fraction of sp³-hybridized carbons (Fsp3) is 0.500. The molecule has 33 heavy (non-hydrogen) atoms. The van der Waals surface area contributed by atoms with Gasteiger partial charge < -0.3 is 5.32 Å². The maximum absolute atomic E-state index is 13.5. The van der Waals surface area contributed by atoms with E-state index in [9.17, 15) is 4.79 Å². The van der Waals surface area contributed by atoms with Crippen molar-refractivity contribution >= 4 is 17.5 Å². The van der Waals surface area contributed by atoms with E-state index in [0.717, 1.165) is 35.7 Å². The molecule has 1 N–H and O–H groups in total. The van der Waals surface area contributed by atoms with Crippen molar-refractivity contribution in [1.82, 2.24) is 24.9 Å². The van der Waals surface area contributed by atoms with Gasteiger partial charge in [-0.05, 0) is 75.3 Å². The molecular formula is C26H30ClN5O. The first-order valence-corrected chi connectivity index (χ1v) is 12.6. The second kappa shape index (κ2) is 8.01. The Balaban J connectivity index is 1.35. The standard InChI is InChI=1S/C26H30ClN5O/c1-2-31-16-22(27)23(29-31)14-28-25(33)21-15-32(20-6-4-3-5-7-20)30-24(21)26-11-17-8-18(12-26)10-19(9-17)13-26/h3-7,15-19H,2,8-14H2,1H3,(H,28,33). The highest BCUT2D eigenvalue weighted by atomic mass is 35.5. The third-order valence-corrected chi connectivity index (χ3v) is 8.36. The van der Waals surface area contributed by atoms with Gasteiger partial charge in [0.1, 0.15) is 5.69 Å². The van der Waals surface area contributed by atoms with Crippen LogP contribution < -0.4 is 5.32 Å². The van der Waals surface area contributed by atoms with E-state index in [4.69, 9.17) is 16.7 Å². The number of aryl methyl sites for hydroxylation is 1. The largest absolute Gasteiger partial charge is 0.346 e. The van der Waals surface area contributed by atoms with Gasteiger partial charge in [0.25, 0.3) is 5.91 Å². The summed E-state index contributed by atoms with van der Waals surface area (Å²) in [6, 6.07) is 10.1. The topological polar surface area (TPSA) is 64.7 Å². The molecule has 1 amide bonds. The number of benzene rings is 1. The van der Waals surface area contributed by atoms with Crippen molar-refractivity contribution in [3.05, 3.63) is 64.7 Å². The molecule has 0 atom stereocenters. The van der Waals surface area contributed by atoms with E-state index < -0.39 is 0 Å². The van der Waals surface area contributed by atoms with E-state index in [0.29, 0.717) is 22.8 Å². The fourth-order valence-corrected chi connectivity index (χ4v) is 7.24. The molecule has 0 radical (unpaired) electrons. The van der Waals surface area contributed by atoms with Crippen molar-refractivity contribution in [2.45, 2.75) is 64.0 Å². The van der Waals surface area contributed by atoms with Gasteiger partial charge in [-0.2, -0.15) is 10.2 Å². The van der Waals surface area contributed by atoms with Gasteiger partial charge in [0.05, 0.1) is 28.5 Å². The van der Waals surface area contributed by atoms with Crippen LogP contribution in [0.5, 0.6) is 0 Å². The third kappa shape index (κ3) is 3.68. The molecule has 4 aliphatic rings. The maximum atomic E-state index is 13.5. The Labute approximate surface area is 199 Å². The molecule has 4 saturated carbocycles. The SMILES string of the molecule is CCn1cc(Cl)c(CNC(=O)c2cn(-c3ccccc3)nc2C23CC4CC(CC(C4)C2)C3)n1. The molecule has 2 heterocycles. The summed E-state index contributed by atoms with van der Waals surface area (Å²) in [6.45, 7) is 3.07. The van der Waals surface area contributed by atoms with Gasteiger partial charge in [-0.3, -0.25) is 9.48 Å². The van der Waals surface area contributed by atoms with Crippen LogP contribution in [0, 0.1) is 17.8 Å². The van der Waals surface area contributed by atoms with Gasteiger partial charge in [-0.1, -0.05) is 29.8 Å². The number of halogens is 1. The summed E-state index contributed by atoms with van der Waals surface area (Å²) in [5, 5.41) is 13.2. The molecule has 2 aromatic heterocycles. The minimum absolute atomic E-state index is 0.0306. The van der Waals surface area contributed by atoms with Crippen LogP contribution in [-0.4, -0.2) is 25.5 Å². The lowest BCUT2D eigenvalue weighted by molar-refractivity contribution is -0.00770. The molecule has 7 heteroatoms. The highest BCUT2D eigenvalue weighted by molar-refractivity contribution is 6.31. The van der Waals surface area contributed by atoms with Gasteiger partial charge in [0.15, 0.2) is 0 Å². The number of para-hydroxylation sites is 1. The molecule has 0 saturated heterocycles. The summed E-state index contributed by atoms with van der Waals surface area (Å²) >= 11 is 6.33. The molecule has 0 aliphatic heterocycles. The summed E-state index contributed by atoms with van der Waals surface area (Å²) in [5.74, 6) is 2.26. The summed E-state index contributed by atoms with van der Waals surface area (Å²) in [7, 11) is 0. The molecule has 172 valence electrons. The smallest absolute Gasteiger partial charge is 0.255 e. The molecule has 4 aliphatic carbocycles. The van der Waals surface area contributed by atoms with Crippen LogP contribution in [0.2, 0.25) is 5.02 Å². The molecule has 3 aromatic rings. The van der Waals surface area contributed by atoms with Gasteiger partial charge in [0.2, 0.25) is 0 Å². The Morgan fingerprint density at radius 3 is 2.33 bits per heavy atom. The van der Waals surface area contributed by atoms with E-state index >= 15 is 0 Å². The number of carbonyl (C=O) groups excluding carboxylic acids is 1. The molecule has 0 unspecified atom stereocenters. The van der Waals surface area contributed by atoms with Crippen LogP contribution in [0.25, 0.3) is 5.69 Å². The summed E-state index contributed by atoms with van der Waals surface area (Å²) < 4.78 is 3.68. The number of aromatic nitrogens is 4. The van der Waals surface area contributed by atoms with Crippen molar-refractivity contribution in [2.75, 3.05) is 0 Å². The van der Waals surface area contributed by atoms with Gasteiger partial charge >= 0.3 is 0 Å². The minimum atomic E-state index is -0.0926. The number of nitrogens with one attached hydrogen (secondary N) is 1. The molecule has 4 fully saturated rings. The van der Waals surface area contributed by atoms with Crippen molar-refractivity contribution in [3.63, 3.8) is 0 Å². The normalized spacial score (nSPS) is 27.8. The second-order valence-electron chi connectivity index (χ2n) is 10.3. The third-order valence-electron chi connectivity index (χ3n) is 8.05. The Hall–Kier alpha value is -2.60. The van der Waals surface area contributed by atoms with Crippen LogP contribution in [0.4, 0.5) is 0 Å². The number of rotatable bonds is 6. The first-order chi connectivity index (χ1) is 16.0. The van der Waals surface area contributed by atoms with Crippen LogP contribution >= 0.6 is 11.6 Å². The molecule has 6 nitrogen and oxygen atoms in total. The number of amides is 1. The van der Waals surface area contributed by atoms with Crippen molar-refractivity contribution in [1.29, 1.82) is 0 Å². The quantitative estimate of drug-likeness (QED) is 0.550. The lowest BCUT2D eigenvalue weighted by Crippen LogP contribution is -2.49. The van der Waals surface area contributed by atoms with Gasteiger partial charge in [-0.25, -0.2) is 4.68 Å². The summed E-state index contributed by atoms with van der Waals surface area (Å²) in [5.41, 5.74) is 3.40. The second-order valence-corrected chi connectivity index (χ2v) is 10.7. The number of hydrogen-bond donors (Lipinski definition) is 1. The number of hydrogen-bond acceptors (Lipinski definition) is 3. The van der Waals surface area contributed by atoms with Crippen molar-refractivity contribution < 1.29 is 4.79 Å². The highest BCUT2D eigenvalue weighted by Crippen LogP contribution is 2.60. The Morgan fingerprint density at radius 1 is 1.06 bits per heavy atom. The Bertz CT molecular complexity index is 1150. The van der Waals surface area contributed by atoms with Crippen LogP contribution in [0.1, 0.15) is 67.2 Å². The predicted octanol–water partition coefficient (Wildman–Crippen LogP) is 5.14. The van der Waals surface area contributed by atoms with E-state index in [2.05, 4.69) is 10.4 Å². The minimum Gasteiger partial charge on any atom is -0.346 e. The molecule has 7 rings (SSSR count). The monoisotopic (exact) mass is 463 g/mol. The molecule has 4 bridgehead atoms. The van der Waals surface area contributed by atoms with Crippen LogP contribution in [0.3, 0.4) is 0 Å². The summed E-state index contributed by atoms with van der Waals surface area (Å²) in [4.78, 5) is 13.5. The lowest BCUT2D eigenvalue weighted by Gasteiger charge is -2.56. The van der Waals surface area contributed by atoms with Gasteiger partial charge in [0, 0.05) is 24.4 Å². The van der Waals surface area contributed by atoms with E-state index in [-0.39, 0.29) is 11.3 Å². The average molecular weight is 464 g/mol. The zero-order chi connectivity index (χ0) is 22.6. The van der Waals surface area contributed by atoms with Gasteiger partial charge in [-0.15, -0.1) is 0 Å². The Kier molecular flexibility index (Phi) is 5.09. The van der Waals surface area contributed by atoms with E-state index in [1.807, 2.05) is 48.1 Å². The Morgan fingerprint density at radius 2 is 1.73 bits per heavy atom. The first-order valence-electron chi connectivity index (χ1n) is 12.2. The first kappa shape index (κ1) is 21.0.